The largest absolute Gasteiger partial charge is 0.399 e. The van der Waals surface area contributed by atoms with E-state index in [4.69, 9.17) is 10.3 Å². The summed E-state index contributed by atoms with van der Waals surface area (Å²) in [7, 11) is -4.53. The molecule has 0 aliphatic carbocycles. The van der Waals surface area contributed by atoms with Crippen LogP contribution in [0.3, 0.4) is 0 Å². The van der Waals surface area contributed by atoms with Crippen LogP contribution in [0.15, 0.2) is 30.3 Å². The molecule has 1 aromatic rings. The first-order chi connectivity index (χ1) is 6.79. The van der Waals surface area contributed by atoms with Crippen molar-refractivity contribution in [3.8, 4) is 0 Å². The predicted molar refractivity (Wildman–Crippen MR) is 55.4 cm³/mol. The number of hydrogen-bond donors (Lipinski definition) is 2. The van der Waals surface area contributed by atoms with Crippen molar-refractivity contribution in [3.63, 3.8) is 0 Å². The molecule has 3 N–H and O–H groups in total. The van der Waals surface area contributed by atoms with E-state index in [0.29, 0.717) is 0 Å². The summed E-state index contributed by atoms with van der Waals surface area (Å²) in [5.74, 6) is 0. The quantitative estimate of drug-likeness (QED) is 0.588. The van der Waals surface area contributed by atoms with Crippen molar-refractivity contribution < 1.29 is 17.2 Å². The molecule has 84 valence electrons. The van der Waals surface area contributed by atoms with E-state index in [9.17, 15) is 8.42 Å². The fraction of sp³-hybridized carbons (Fsp3) is 0.333. The molecule has 1 rings (SSSR count). The molecule has 0 saturated carbocycles. The second kappa shape index (κ2) is 4.28. The minimum atomic E-state index is -4.53. The number of nitrogens with two attached hydrogens (primary N) is 1. The molecule has 0 fully saturated rings. The zero-order valence-electron chi connectivity index (χ0n) is 8.25. The third kappa shape index (κ3) is 4.89. The lowest BCUT2D eigenvalue weighted by Gasteiger charge is -2.22. The van der Waals surface area contributed by atoms with Gasteiger partial charge in [0.25, 0.3) is 0 Å². The van der Waals surface area contributed by atoms with Crippen LogP contribution in [0, 0.1) is 0 Å². The molecule has 0 spiro atoms. The average molecular weight is 231 g/mol. The van der Waals surface area contributed by atoms with Gasteiger partial charge in [0.15, 0.2) is 0 Å². The van der Waals surface area contributed by atoms with E-state index in [0.717, 1.165) is 5.56 Å². The van der Waals surface area contributed by atoms with Crippen molar-refractivity contribution in [1.82, 2.24) is 0 Å². The minimum absolute atomic E-state index is 0.188. The van der Waals surface area contributed by atoms with Crippen LogP contribution in [0.25, 0.3) is 0 Å². The maximum Gasteiger partial charge on any atom is 0.399 e. The highest BCUT2D eigenvalue weighted by Crippen LogP contribution is 2.13. The van der Waals surface area contributed by atoms with Crippen molar-refractivity contribution >= 4 is 10.4 Å². The van der Waals surface area contributed by atoms with Crippen LogP contribution in [0.1, 0.15) is 12.5 Å². The van der Waals surface area contributed by atoms with E-state index in [1.807, 2.05) is 6.07 Å². The van der Waals surface area contributed by atoms with Crippen molar-refractivity contribution in [2.45, 2.75) is 19.1 Å². The lowest BCUT2D eigenvalue weighted by molar-refractivity contribution is 0.0878. The Balaban J connectivity index is 2.73. The van der Waals surface area contributed by atoms with E-state index in [-0.39, 0.29) is 6.42 Å². The molecule has 1 aromatic carbocycles. The number of rotatable bonds is 4. The van der Waals surface area contributed by atoms with Crippen LogP contribution in [0.2, 0.25) is 0 Å². The van der Waals surface area contributed by atoms with Crippen molar-refractivity contribution in [3.05, 3.63) is 35.9 Å². The van der Waals surface area contributed by atoms with Gasteiger partial charge in [0, 0.05) is 6.42 Å². The Morgan fingerprint density at radius 3 is 2.40 bits per heavy atom. The Morgan fingerprint density at radius 2 is 1.93 bits per heavy atom. The zero-order chi connectivity index (χ0) is 11.5. The van der Waals surface area contributed by atoms with Gasteiger partial charge in [-0.3, -0.25) is 4.55 Å². The highest BCUT2D eigenvalue weighted by molar-refractivity contribution is 7.80. The van der Waals surface area contributed by atoms with Gasteiger partial charge in [0.05, 0.1) is 0 Å². The van der Waals surface area contributed by atoms with E-state index in [1.54, 1.807) is 24.3 Å². The normalized spacial score (nSPS) is 15.9. The monoisotopic (exact) mass is 231 g/mol. The molecule has 0 amide bonds. The SMILES string of the molecule is CC(N)(Cc1ccccc1)OS(=O)(=O)O. The first-order valence-electron chi connectivity index (χ1n) is 4.29. The maximum absolute atomic E-state index is 10.5. The molecule has 0 aliphatic rings. The van der Waals surface area contributed by atoms with Gasteiger partial charge in [-0.15, -0.1) is 0 Å². The van der Waals surface area contributed by atoms with Crippen LogP contribution < -0.4 is 5.73 Å². The van der Waals surface area contributed by atoms with Gasteiger partial charge < -0.3 is 5.73 Å². The maximum atomic E-state index is 10.5. The summed E-state index contributed by atoms with van der Waals surface area (Å²) in [4.78, 5) is 0. The molecule has 15 heavy (non-hydrogen) atoms. The van der Waals surface area contributed by atoms with Crippen LogP contribution in [-0.2, 0) is 21.0 Å². The molecule has 6 heteroatoms. The van der Waals surface area contributed by atoms with Crippen LogP contribution in [0.4, 0.5) is 0 Å². The first kappa shape index (κ1) is 12.1. The van der Waals surface area contributed by atoms with Crippen LogP contribution in [0.5, 0.6) is 0 Å². The standard InChI is InChI=1S/C9H13NO4S/c1-9(10,14-15(11,12)13)7-8-5-3-2-4-6-8/h2-6H,7,10H2,1H3,(H,11,12,13). The third-order valence-electron chi connectivity index (χ3n) is 1.69. The topological polar surface area (TPSA) is 89.6 Å². The minimum Gasteiger partial charge on any atom is -0.302 e. The molecule has 0 bridgehead atoms. The Hall–Kier alpha value is -0.950. The molecule has 5 nitrogen and oxygen atoms in total. The van der Waals surface area contributed by atoms with E-state index in [2.05, 4.69) is 4.18 Å². The molecular formula is C9H13NO4S. The highest BCUT2D eigenvalue weighted by Gasteiger charge is 2.26. The summed E-state index contributed by atoms with van der Waals surface area (Å²) in [6.45, 7) is 1.38. The molecule has 0 saturated heterocycles. The Morgan fingerprint density at radius 1 is 1.40 bits per heavy atom. The summed E-state index contributed by atoms with van der Waals surface area (Å²) in [6.07, 6.45) is 0.188. The average Bonchev–Trinajstić information content (AvgIpc) is 1.99. The Bertz CT molecular complexity index is 413. The summed E-state index contributed by atoms with van der Waals surface area (Å²) >= 11 is 0. The van der Waals surface area contributed by atoms with Crippen LogP contribution >= 0.6 is 0 Å². The summed E-state index contributed by atoms with van der Waals surface area (Å²) in [6, 6.07) is 9.02. The molecule has 0 heterocycles. The second-order valence-corrected chi connectivity index (χ2v) is 4.51. The number of hydrogen-bond acceptors (Lipinski definition) is 4. The van der Waals surface area contributed by atoms with Gasteiger partial charge in [-0.05, 0) is 12.5 Å². The highest BCUT2D eigenvalue weighted by atomic mass is 32.3. The Labute approximate surface area is 88.8 Å². The van der Waals surface area contributed by atoms with Gasteiger partial charge >= 0.3 is 10.4 Å². The predicted octanol–water partition coefficient (Wildman–Crippen LogP) is 0.723. The molecule has 1 atom stereocenters. The number of benzene rings is 1. The zero-order valence-corrected chi connectivity index (χ0v) is 9.07. The fourth-order valence-electron chi connectivity index (χ4n) is 1.27. The molecule has 0 aromatic heterocycles. The van der Waals surface area contributed by atoms with Gasteiger partial charge in [0.1, 0.15) is 5.72 Å². The van der Waals surface area contributed by atoms with E-state index in [1.165, 1.54) is 6.92 Å². The molecular weight excluding hydrogens is 218 g/mol. The fourth-order valence-corrected chi connectivity index (χ4v) is 1.81. The second-order valence-electron chi connectivity index (χ2n) is 3.49. The van der Waals surface area contributed by atoms with Crippen molar-refractivity contribution in [1.29, 1.82) is 0 Å². The third-order valence-corrected chi connectivity index (χ3v) is 2.28. The van der Waals surface area contributed by atoms with Crippen LogP contribution in [-0.4, -0.2) is 18.7 Å². The van der Waals surface area contributed by atoms with Crippen molar-refractivity contribution in [2.75, 3.05) is 0 Å². The van der Waals surface area contributed by atoms with E-state index >= 15 is 0 Å². The molecule has 0 radical (unpaired) electrons. The summed E-state index contributed by atoms with van der Waals surface area (Å²) in [5, 5.41) is 0. The summed E-state index contributed by atoms with van der Waals surface area (Å²) < 4.78 is 33.8. The van der Waals surface area contributed by atoms with Gasteiger partial charge in [-0.2, -0.15) is 8.42 Å². The first-order valence-corrected chi connectivity index (χ1v) is 5.66. The van der Waals surface area contributed by atoms with E-state index < -0.39 is 16.1 Å². The Kier molecular flexibility index (Phi) is 3.46. The summed E-state index contributed by atoms with van der Waals surface area (Å²) in [5.41, 5.74) is 4.95. The molecule has 1 unspecified atom stereocenters. The smallest absolute Gasteiger partial charge is 0.302 e. The molecule has 0 aliphatic heterocycles. The van der Waals surface area contributed by atoms with Gasteiger partial charge in [0.2, 0.25) is 0 Å². The van der Waals surface area contributed by atoms with Gasteiger partial charge in [-0.25, -0.2) is 4.18 Å². The van der Waals surface area contributed by atoms with Gasteiger partial charge in [-0.1, -0.05) is 30.3 Å². The van der Waals surface area contributed by atoms with Crippen molar-refractivity contribution in [2.24, 2.45) is 5.73 Å². The lowest BCUT2D eigenvalue weighted by atomic mass is 10.1. The lowest BCUT2D eigenvalue weighted by Crippen LogP contribution is -2.43.